The lowest BCUT2D eigenvalue weighted by Gasteiger charge is -2.30. The maximum Gasteiger partial charge on any atom is 0.437 e. The lowest BCUT2D eigenvalue weighted by atomic mass is 9.98. The first-order chi connectivity index (χ1) is 16.5. The molecular formula is C20H18F7N5O4. The van der Waals surface area contributed by atoms with Gasteiger partial charge in [0.2, 0.25) is 5.91 Å². The number of imide groups is 1. The van der Waals surface area contributed by atoms with E-state index in [9.17, 15) is 45.1 Å². The second-order valence-corrected chi connectivity index (χ2v) is 7.85. The largest absolute Gasteiger partial charge is 0.480 e. The van der Waals surface area contributed by atoms with Gasteiger partial charge in [0.1, 0.15) is 11.6 Å². The molecule has 3 N–H and O–H groups in total. The standard InChI is InChI=1S/C20H18F7N5O4/c1-7-15(16(31-30-7)20(25,26)27)29-17(34)10-4-11(21)9(5-13(10)36-8(2)19(22,23)24)12-6-14(33)32(3)18(35)28-12/h4-5,8,12H,6H2,1-3H3,(H,28,35)(H,29,34)(H,30,31)/t8-,12?/m0/s1. The first kappa shape index (κ1) is 26.7. The zero-order valence-corrected chi connectivity index (χ0v) is 18.7. The van der Waals surface area contributed by atoms with Gasteiger partial charge in [0.25, 0.3) is 5.91 Å². The van der Waals surface area contributed by atoms with Crippen LogP contribution >= 0.6 is 0 Å². The predicted molar refractivity (Wildman–Crippen MR) is 107 cm³/mol. The number of ether oxygens (including phenoxy) is 1. The number of benzene rings is 1. The highest BCUT2D eigenvalue weighted by atomic mass is 19.4. The van der Waals surface area contributed by atoms with Gasteiger partial charge in [0.15, 0.2) is 11.8 Å². The molecule has 2 aromatic rings. The Bertz CT molecular complexity index is 1190. The number of hydrogen-bond donors (Lipinski definition) is 3. The molecule has 0 radical (unpaired) electrons. The molecule has 4 amide bonds. The molecule has 1 aliphatic rings. The molecule has 0 bridgehead atoms. The van der Waals surface area contributed by atoms with Crippen molar-refractivity contribution in [2.45, 2.75) is 44.8 Å². The van der Waals surface area contributed by atoms with Crippen molar-refractivity contribution >= 4 is 23.5 Å². The second-order valence-electron chi connectivity index (χ2n) is 7.85. The molecule has 0 spiro atoms. The van der Waals surface area contributed by atoms with Crippen molar-refractivity contribution in [1.29, 1.82) is 0 Å². The molecule has 0 saturated carbocycles. The summed E-state index contributed by atoms with van der Waals surface area (Å²) < 4.78 is 98.9. The number of alkyl halides is 6. The summed E-state index contributed by atoms with van der Waals surface area (Å²) in [6.07, 6.45) is -12.9. The molecule has 2 atom stereocenters. The monoisotopic (exact) mass is 525 g/mol. The van der Waals surface area contributed by atoms with E-state index in [1.165, 1.54) is 0 Å². The molecule has 2 heterocycles. The van der Waals surface area contributed by atoms with E-state index in [1.54, 1.807) is 0 Å². The van der Waals surface area contributed by atoms with Gasteiger partial charge in [-0.25, -0.2) is 9.18 Å². The summed E-state index contributed by atoms with van der Waals surface area (Å²) in [7, 11) is 1.16. The topological polar surface area (TPSA) is 116 Å². The number of amides is 4. The highest BCUT2D eigenvalue weighted by Crippen LogP contribution is 2.37. The minimum absolute atomic E-state index is 0.230. The van der Waals surface area contributed by atoms with Crippen LogP contribution in [0.3, 0.4) is 0 Å². The second kappa shape index (κ2) is 9.31. The number of aromatic nitrogens is 2. The lowest BCUT2D eigenvalue weighted by Crippen LogP contribution is -2.49. The Morgan fingerprint density at radius 3 is 2.42 bits per heavy atom. The van der Waals surface area contributed by atoms with Crippen molar-refractivity contribution in [3.63, 3.8) is 0 Å². The average molecular weight is 525 g/mol. The maximum atomic E-state index is 15.0. The number of halogens is 7. The number of nitrogens with zero attached hydrogens (tertiary/aromatic N) is 2. The third-order valence-corrected chi connectivity index (χ3v) is 5.29. The van der Waals surface area contributed by atoms with Crippen LogP contribution in [0, 0.1) is 12.7 Å². The third kappa shape index (κ3) is 5.36. The van der Waals surface area contributed by atoms with Gasteiger partial charge in [-0.1, -0.05) is 0 Å². The SMILES string of the molecule is Cc1[nH]nc(C(F)(F)F)c1NC(=O)c1cc(F)c(C2CC(=O)N(C)C(=O)N2)cc1O[C@@H](C)C(F)(F)F. The molecule has 1 unspecified atom stereocenters. The van der Waals surface area contributed by atoms with Gasteiger partial charge in [-0.15, -0.1) is 0 Å². The van der Waals surface area contributed by atoms with Crippen LogP contribution in [0.15, 0.2) is 12.1 Å². The van der Waals surface area contributed by atoms with E-state index in [0.29, 0.717) is 24.0 Å². The zero-order chi connectivity index (χ0) is 27.2. The summed E-state index contributed by atoms with van der Waals surface area (Å²) in [5, 5.41) is 9.24. The number of carbonyl (C=O) groups is 3. The van der Waals surface area contributed by atoms with Crippen molar-refractivity contribution in [3.8, 4) is 5.75 Å². The number of aromatic amines is 1. The highest BCUT2D eigenvalue weighted by Gasteiger charge is 2.41. The fourth-order valence-corrected chi connectivity index (χ4v) is 3.25. The van der Waals surface area contributed by atoms with E-state index >= 15 is 0 Å². The first-order valence-corrected chi connectivity index (χ1v) is 10.1. The number of urea groups is 1. The molecule has 1 fully saturated rings. The van der Waals surface area contributed by atoms with Crippen LogP contribution in [-0.4, -0.2) is 52.3 Å². The molecule has 1 aliphatic heterocycles. The van der Waals surface area contributed by atoms with Crippen LogP contribution in [0.4, 0.5) is 41.2 Å². The predicted octanol–water partition coefficient (Wildman–Crippen LogP) is 4.07. The van der Waals surface area contributed by atoms with E-state index < -0.39 is 82.8 Å². The molecule has 0 aliphatic carbocycles. The Morgan fingerprint density at radius 2 is 1.86 bits per heavy atom. The molecule has 36 heavy (non-hydrogen) atoms. The number of anilines is 1. The van der Waals surface area contributed by atoms with Gasteiger partial charge >= 0.3 is 18.4 Å². The van der Waals surface area contributed by atoms with E-state index in [4.69, 9.17) is 4.74 Å². The Labute approximate surface area is 198 Å². The van der Waals surface area contributed by atoms with Gasteiger partial charge in [0.05, 0.1) is 29.4 Å². The average Bonchev–Trinajstić information content (AvgIpc) is 3.12. The van der Waals surface area contributed by atoms with Gasteiger partial charge in [-0.2, -0.15) is 31.4 Å². The number of rotatable bonds is 5. The van der Waals surface area contributed by atoms with Gasteiger partial charge in [-0.05, 0) is 26.0 Å². The van der Waals surface area contributed by atoms with Gasteiger partial charge in [0, 0.05) is 12.6 Å². The molecule has 1 aromatic heterocycles. The van der Waals surface area contributed by atoms with Crippen molar-refractivity contribution in [1.82, 2.24) is 20.4 Å². The Morgan fingerprint density at radius 1 is 1.22 bits per heavy atom. The van der Waals surface area contributed by atoms with Crippen LogP contribution in [0.2, 0.25) is 0 Å². The van der Waals surface area contributed by atoms with E-state index in [0.717, 1.165) is 14.0 Å². The van der Waals surface area contributed by atoms with E-state index in [-0.39, 0.29) is 5.69 Å². The summed E-state index contributed by atoms with van der Waals surface area (Å²) in [6, 6.07) is -1.09. The van der Waals surface area contributed by atoms with Crippen LogP contribution in [-0.2, 0) is 11.0 Å². The third-order valence-electron chi connectivity index (χ3n) is 5.29. The Balaban J connectivity index is 2.06. The summed E-state index contributed by atoms with van der Waals surface area (Å²) in [5.41, 5.74) is -3.90. The molecule has 3 rings (SSSR count). The first-order valence-electron chi connectivity index (χ1n) is 10.1. The Kier molecular flexibility index (Phi) is 6.92. The lowest BCUT2D eigenvalue weighted by molar-refractivity contribution is -0.189. The van der Waals surface area contributed by atoms with Gasteiger partial charge in [-0.3, -0.25) is 19.6 Å². The van der Waals surface area contributed by atoms with Gasteiger partial charge < -0.3 is 15.4 Å². The van der Waals surface area contributed by atoms with E-state index in [1.807, 2.05) is 10.4 Å². The van der Waals surface area contributed by atoms with Crippen molar-refractivity contribution in [3.05, 3.63) is 40.5 Å². The summed E-state index contributed by atoms with van der Waals surface area (Å²) in [5.74, 6) is -4.21. The minimum atomic E-state index is -4.99. The molecular weight excluding hydrogens is 507 g/mol. The Hall–Kier alpha value is -3.85. The van der Waals surface area contributed by atoms with Crippen molar-refractivity contribution < 1.29 is 49.9 Å². The summed E-state index contributed by atoms with van der Waals surface area (Å²) >= 11 is 0. The van der Waals surface area contributed by atoms with Crippen molar-refractivity contribution in [2.75, 3.05) is 12.4 Å². The van der Waals surface area contributed by atoms with Crippen LogP contribution < -0.4 is 15.4 Å². The number of H-pyrrole nitrogens is 1. The minimum Gasteiger partial charge on any atom is -0.480 e. The van der Waals surface area contributed by atoms with Crippen LogP contribution in [0.1, 0.15) is 46.7 Å². The quantitative estimate of drug-likeness (QED) is 0.509. The fraction of sp³-hybridized carbons (Fsp3) is 0.400. The normalized spacial score (nSPS) is 17.6. The molecule has 1 saturated heterocycles. The van der Waals surface area contributed by atoms with Crippen molar-refractivity contribution in [2.24, 2.45) is 0 Å². The number of carbonyl (C=O) groups excluding carboxylic acids is 3. The molecule has 196 valence electrons. The number of aryl methyl sites for hydroxylation is 1. The summed E-state index contributed by atoms with van der Waals surface area (Å²) in [6.45, 7) is 1.73. The molecule has 9 nitrogen and oxygen atoms in total. The smallest absolute Gasteiger partial charge is 0.437 e. The van der Waals surface area contributed by atoms with Crippen LogP contribution in [0.25, 0.3) is 0 Å². The van der Waals surface area contributed by atoms with E-state index in [2.05, 4.69) is 10.4 Å². The highest BCUT2D eigenvalue weighted by molar-refractivity contribution is 6.07. The number of hydrogen-bond acceptors (Lipinski definition) is 5. The van der Waals surface area contributed by atoms with Crippen LogP contribution in [0.5, 0.6) is 5.75 Å². The summed E-state index contributed by atoms with van der Waals surface area (Å²) in [4.78, 5) is 37.4. The maximum absolute atomic E-state index is 15.0. The number of nitrogens with one attached hydrogen (secondary N) is 3. The molecule has 16 heteroatoms. The molecule has 1 aromatic carbocycles. The fourth-order valence-electron chi connectivity index (χ4n) is 3.25. The zero-order valence-electron chi connectivity index (χ0n) is 18.7.